The van der Waals surface area contributed by atoms with Crippen LogP contribution in [0.15, 0.2) is 35.6 Å². The summed E-state index contributed by atoms with van der Waals surface area (Å²) in [6.45, 7) is 6.92. The van der Waals surface area contributed by atoms with Gasteiger partial charge >= 0.3 is 0 Å². The second kappa shape index (κ2) is 10.5. The fourth-order valence-corrected chi connectivity index (χ4v) is 3.23. The average Bonchev–Trinajstić information content (AvgIpc) is 3.12. The summed E-state index contributed by atoms with van der Waals surface area (Å²) in [6.07, 6.45) is 3.58. The van der Waals surface area contributed by atoms with E-state index >= 15 is 0 Å². The summed E-state index contributed by atoms with van der Waals surface area (Å²) in [6, 6.07) is 6.09. The van der Waals surface area contributed by atoms with Crippen molar-refractivity contribution in [2.45, 2.75) is 20.4 Å². The zero-order chi connectivity index (χ0) is 20.1. The molecule has 158 valence electrons. The van der Waals surface area contributed by atoms with Gasteiger partial charge in [0.25, 0.3) is 0 Å². The lowest BCUT2D eigenvalue weighted by molar-refractivity contribution is -0.120. The standard InChI is InChI=1S/C20H28N6O2.HI/c1-5-21-20(22-11-16-7-6-15(2)18(10-16)28-4)25-8-9-26(19(27)14-25)17-12-23-24(3)13-17;/h6-7,10,12-13H,5,8-9,11,14H2,1-4H3,(H,21,22);1H. The van der Waals surface area contributed by atoms with Crippen LogP contribution in [0.4, 0.5) is 5.69 Å². The number of hydrogen-bond donors (Lipinski definition) is 1. The van der Waals surface area contributed by atoms with Gasteiger partial charge in [-0.2, -0.15) is 5.10 Å². The van der Waals surface area contributed by atoms with Crippen LogP contribution >= 0.6 is 24.0 Å². The van der Waals surface area contributed by atoms with Gasteiger partial charge in [0, 0.05) is 32.9 Å². The zero-order valence-electron chi connectivity index (χ0n) is 17.4. The minimum atomic E-state index is 0. The molecule has 0 aliphatic carbocycles. The minimum absolute atomic E-state index is 0. The number of aliphatic imine (C=N–C) groups is 1. The molecule has 9 heteroatoms. The van der Waals surface area contributed by atoms with Crippen molar-refractivity contribution in [1.82, 2.24) is 20.0 Å². The molecule has 2 aromatic rings. The molecule has 1 aliphatic rings. The van der Waals surface area contributed by atoms with Crippen molar-refractivity contribution in [3.63, 3.8) is 0 Å². The van der Waals surface area contributed by atoms with E-state index in [1.54, 1.807) is 22.9 Å². The van der Waals surface area contributed by atoms with Gasteiger partial charge in [-0.3, -0.25) is 9.48 Å². The molecule has 1 aliphatic heterocycles. The number of aromatic nitrogens is 2. The minimum Gasteiger partial charge on any atom is -0.496 e. The summed E-state index contributed by atoms with van der Waals surface area (Å²) in [5.41, 5.74) is 3.00. The summed E-state index contributed by atoms with van der Waals surface area (Å²) in [5, 5.41) is 7.46. The van der Waals surface area contributed by atoms with Gasteiger partial charge in [-0.25, -0.2) is 4.99 Å². The molecule has 0 spiro atoms. The van der Waals surface area contributed by atoms with E-state index in [-0.39, 0.29) is 36.4 Å². The van der Waals surface area contributed by atoms with Gasteiger partial charge < -0.3 is 19.9 Å². The Morgan fingerprint density at radius 2 is 2.14 bits per heavy atom. The first-order chi connectivity index (χ1) is 13.5. The van der Waals surface area contributed by atoms with Crippen molar-refractivity contribution in [2.75, 3.05) is 38.2 Å². The Labute approximate surface area is 188 Å². The number of benzene rings is 1. The zero-order valence-corrected chi connectivity index (χ0v) is 19.7. The maximum absolute atomic E-state index is 12.7. The molecule has 1 saturated heterocycles. The number of halogens is 1. The van der Waals surface area contributed by atoms with Crippen LogP contribution in [-0.4, -0.2) is 59.8 Å². The molecule has 1 fully saturated rings. The molecule has 1 amide bonds. The molecular formula is C20H29IN6O2. The first-order valence-electron chi connectivity index (χ1n) is 9.47. The van der Waals surface area contributed by atoms with Crippen LogP contribution in [0, 0.1) is 6.92 Å². The van der Waals surface area contributed by atoms with E-state index in [2.05, 4.69) is 16.5 Å². The van der Waals surface area contributed by atoms with Crippen LogP contribution < -0.4 is 15.0 Å². The van der Waals surface area contributed by atoms with E-state index < -0.39 is 0 Å². The van der Waals surface area contributed by atoms with Crippen LogP contribution in [-0.2, 0) is 18.4 Å². The third-order valence-electron chi connectivity index (χ3n) is 4.74. The normalized spacial score (nSPS) is 14.6. The van der Waals surface area contributed by atoms with Crippen LogP contribution in [0.25, 0.3) is 0 Å². The van der Waals surface area contributed by atoms with Gasteiger partial charge in [-0.15, -0.1) is 24.0 Å². The summed E-state index contributed by atoms with van der Waals surface area (Å²) in [7, 11) is 3.52. The molecular weight excluding hydrogens is 483 g/mol. The monoisotopic (exact) mass is 512 g/mol. The number of methoxy groups -OCH3 is 1. The third-order valence-corrected chi connectivity index (χ3v) is 4.74. The predicted molar refractivity (Wildman–Crippen MR) is 125 cm³/mol. The number of nitrogens with zero attached hydrogens (tertiary/aromatic N) is 5. The Morgan fingerprint density at radius 1 is 1.34 bits per heavy atom. The summed E-state index contributed by atoms with van der Waals surface area (Å²) in [5.74, 6) is 1.65. The van der Waals surface area contributed by atoms with E-state index in [1.165, 1.54) is 0 Å². The fourth-order valence-electron chi connectivity index (χ4n) is 3.23. The molecule has 3 rings (SSSR count). The third kappa shape index (κ3) is 5.62. The average molecular weight is 512 g/mol. The highest BCUT2D eigenvalue weighted by atomic mass is 127. The lowest BCUT2D eigenvalue weighted by Crippen LogP contribution is -2.55. The molecule has 1 aromatic heterocycles. The topological polar surface area (TPSA) is 75.0 Å². The number of piperazine rings is 1. The molecule has 0 radical (unpaired) electrons. The predicted octanol–water partition coefficient (Wildman–Crippen LogP) is 2.17. The fraction of sp³-hybridized carbons (Fsp3) is 0.450. The number of rotatable bonds is 5. The van der Waals surface area contributed by atoms with Gasteiger partial charge in [0.05, 0.1) is 25.5 Å². The highest BCUT2D eigenvalue weighted by molar-refractivity contribution is 14.0. The largest absolute Gasteiger partial charge is 0.496 e. The Balaban J connectivity index is 0.00000300. The molecule has 0 atom stereocenters. The van der Waals surface area contributed by atoms with Crippen molar-refractivity contribution in [1.29, 1.82) is 0 Å². The first kappa shape index (κ1) is 23.0. The van der Waals surface area contributed by atoms with Gasteiger partial charge in [0.1, 0.15) is 12.3 Å². The van der Waals surface area contributed by atoms with Gasteiger partial charge in [0.2, 0.25) is 5.91 Å². The highest BCUT2D eigenvalue weighted by Gasteiger charge is 2.27. The Hall–Kier alpha value is -2.30. The number of ether oxygens (including phenoxy) is 1. The SMILES string of the molecule is CCNC(=NCc1ccc(C)c(OC)c1)N1CCN(c2cnn(C)c2)C(=O)C1.I. The summed E-state index contributed by atoms with van der Waals surface area (Å²) < 4.78 is 7.10. The maximum atomic E-state index is 12.7. The Morgan fingerprint density at radius 3 is 2.76 bits per heavy atom. The molecule has 1 aromatic carbocycles. The number of aryl methyl sites for hydroxylation is 2. The van der Waals surface area contributed by atoms with Crippen molar-refractivity contribution in [2.24, 2.45) is 12.0 Å². The second-order valence-electron chi connectivity index (χ2n) is 6.81. The maximum Gasteiger partial charge on any atom is 0.246 e. The molecule has 0 bridgehead atoms. The molecule has 2 heterocycles. The van der Waals surface area contributed by atoms with Crippen molar-refractivity contribution >= 4 is 41.5 Å². The van der Waals surface area contributed by atoms with Gasteiger partial charge in [0.15, 0.2) is 5.96 Å². The molecule has 1 N–H and O–H groups in total. The number of nitrogens with one attached hydrogen (secondary N) is 1. The Kier molecular flexibility index (Phi) is 8.30. The van der Waals surface area contributed by atoms with E-state index in [4.69, 9.17) is 9.73 Å². The lowest BCUT2D eigenvalue weighted by atomic mass is 10.1. The van der Waals surface area contributed by atoms with E-state index in [9.17, 15) is 4.79 Å². The van der Waals surface area contributed by atoms with E-state index in [0.717, 1.165) is 35.1 Å². The van der Waals surface area contributed by atoms with Crippen molar-refractivity contribution in [3.05, 3.63) is 41.7 Å². The molecule has 29 heavy (non-hydrogen) atoms. The number of carbonyl (C=O) groups is 1. The van der Waals surface area contributed by atoms with E-state index in [1.807, 2.05) is 44.1 Å². The quantitative estimate of drug-likeness (QED) is 0.378. The number of carbonyl (C=O) groups excluding carboxylic acids is 1. The Bertz CT molecular complexity index is 866. The van der Waals surface area contributed by atoms with Crippen molar-refractivity contribution < 1.29 is 9.53 Å². The highest BCUT2D eigenvalue weighted by Crippen LogP contribution is 2.20. The first-order valence-corrected chi connectivity index (χ1v) is 9.47. The lowest BCUT2D eigenvalue weighted by Gasteiger charge is -2.35. The summed E-state index contributed by atoms with van der Waals surface area (Å²) >= 11 is 0. The van der Waals surface area contributed by atoms with Gasteiger partial charge in [-0.05, 0) is 31.0 Å². The number of amides is 1. The number of anilines is 1. The molecule has 8 nitrogen and oxygen atoms in total. The van der Waals surface area contributed by atoms with Crippen LogP contribution in [0.5, 0.6) is 5.75 Å². The summed E-state index contributed by atoms with van der Waals surface area (Å²) in [4.78, 5) is 21.2. The molecule has 0 saturated carbocycles. The van der Waals surface area contributed by atoms with Crippen LogP contribution in [0.1, 0.15) is 18.1 Å². The van der Waals surface area contributed by atoms with Crippen molar-refractivity contribution in [3.8, 4) is 5.75 Å². The van der Waals surface area contributed by atoms with Crippen LogP contribution in [0.3, 0.4) is 0 Å². The molecule has 0 unspecified atom stereocenters. The smallest absolute Gasteiger partial charge is 0.246 e. The number of guanidine groups is 1. The van der Waals surface area contributed by atoms with E-state index in [0.29, 0.717) is 19.6 Å². The van der Waals surface area contributed by atoms with Gasteiger partial charge in [-0.1, -0.05) is 12.1 Å². The van der Waals surface area contributed by atoms with Crippen LogP contribution in [0.2, 0.25) is 0 Å². The number of hydrogen-bond acceptors (Lipinski definition) is 4. The second-order valence-corrected chi connectivity index (χ2v) is 6.81.